The maximum absolute atomic E-state index is 11.6. The second kappa shape index (κ2) is 5.12. The van der Waals surface area contributed by atoms with E-state index in [1.54, 1.807) is 13.8 Å². The summed E-state index contributed by atoms with van der Waals surface area (Å²) in [6.45, 7) is 3.53. The van der Waals surface area contributed by atoms with Gasteiger partial charge in [0.25, 0.3) is 0 Å². The molecular formula is C11H14O4S. The molecule has 0 aromatic heterocycles. The number of benzene rings is 1. The first kappa shape index (κ1) is 12.7. The minimum Gasteiger partial charge on any atom is -0.462 e. The van der Waals surface area contributed by atoms with Gasteiger partial charge < -0.3 is 4.74 Å². The van der Waals surface area contributed by atoms with Crippen molar-refractivity contribution >= 4 is 15.8 Å². The summed E-state index contributed by atoms with van der Waals surface area (Å²) < 4.78 is 28.0. The van der Waals surface area contributed by atoms with Crippen molar-refractivity contribution in [2.75, 3.05) is 12.4 Å². The fourth-order valence-corrected chi connectivity index (χ4v) is 2.12. The predicted octanol–water partition coefficient (Wildman–Crippen LogP) is 1.66. The third-order valence-electron chi connectivity index (χ3n) is 2.08. The molecule has 0 aliphatic carbocycles. The van der Waals surface area contributed by atoms with E-state index < -0.39 is 15.8 Å². The first-order valence-electron chi connectivity index (χ1n) is 5.01. The molecule has 88 valence electrons. The summed E-state index contributed by atoms with van der Waals surface area (Å²) in [5.41, 5.74) is 0.261. The number of rotatable bonds is 4. The Hall–Kier alpha value is -1.36. The monoisotopic (exact) mass is 242 g/mol. The van der Waals surface area contributed by atoms with E-state index in [4.69, 9.17) is 4.74 Å². The molecule has 16 heavy (non-hydrogen) atoms. The van der Waals surface area contributed by atoms with Crippen LogP contribution in [0.4, 0.5) is 0 Å². The number of sulfone groups is 1. The van der Waals surface area contributed by atoms with Crippen LogP contribution in [-0.2, 0) is 14.6 Å². The van der Waals surface area contributed by atoms with Crippen LogP contribution in [0.3, 0.4) is 0 Å². The van der Waals surface area contributed by atoms with Crippen LogP contribution in [0, 0.1) is 0 Å². The van der Waals surface area contributed by atoms with Crippen molar-refractivity contribution in [1.82, 2.24) is 0 Å². The van der Waals surface area contributed by atoms with Crippen molar-refractivity contribution in [2.24, 2.45) is 0 Å². The highest BCUT2D eigenvalue weighted by Crippen LogP contribution is 2.13. The number of carbonyl (C=O) groups is 1. The Balaban J connectivity index is 3.10. The molecule has 1 rings (SSSR count). The maximum Gasteiger partial charge on any atom is 0.338 e. The van der Waals surface area contributed by atoms with Gasteiger partial charge in [-0.2, -0.15) is 0 Å². The number of hydrogen-bond acceptors (Lipinski definition) is 4. The van der Waals surface area contributed by atoms with Gasteiger partial charge >= 0.3 is 5.97 Å². The van der Waals surface area contributed by atoms with E-state index in [1.807, 2.05) is 0 Å². The zero-order valence-electron chi connectivity index (χ0n) is 9.26. The molecule has 5 heteroatoms. The van der Waals surface area contributed by atoms with Crippen LogP contribution in [0.5, 0.6) is 0 Å². The normalized spacial score (nSPS) is 11.1. The van der Waals surface area contributed by atoms with Gasteiger partial charge in [-0.15, -0.1) is 0 Å². The van der Waals surface area contributed by atoms with Crippen LogP contribution in [0.15, 0.2) is 29.2 Å². The number of hydrogen-bond donors (Lipinski definition) is 0. The molecule has 0 amide bonds. The lowest BCUT2D eigenvalue weighted by atomic mass is 10.2. The highest BCUT2D eigenvalue weighted by Gasteiger charge is 2.14. The topological polar surface area (TPSA) is 60.4 Å². The van der Waals surface area contributed by atoms with E-state index in [0.29, 0.717) is 0 Å². The average molecular weight is 242 g/mol. The van der Waals surface area contributed by atoms with Gasteiger partial charge in [-0.3, -0.25) is 0 Å². The first-order valence-corrected chi connectivity index (χ1v) is 6.66. The van der Waals surface area contributed by atoms with Crippen LogP contribution in [0.1, 0.15) is 24.2 Å². The van der Waals surface area contributed by atoms with Gasteiger partial charge in [-0.05, 0) is 25.1 Å². The zero-order chi connectivity index (χ0) is 12.2. The van der Waals surface area contributed by atoms with E-state index in [9.17, 15) is 13.2 Å². The van der Waals surface area contributed by atoms with Gasteiger partial charge in [0.15, 0.2) is 9.84 Å². The lowest BCUT2D eigenvalue weighted by molar-refractivity contribution is 0.0526. The second-order valence-electron chi connectivity index (χ2n) is 3.15. The molecule has 0 fully saturated rings. The lowest BCUT2D eigenvalue weighted by Gasteiger charge is -2.04. The summed E-state index contributed by atoms with van der Waals surface area (Å²) in [4.78, 5) is 11.5. The molecule has 0 saturated carbocycles. The van der Waals surface area contributed by atoms with Crippen molar-refractivity contribution in [3.63, 3.8) is 0 Å². The summed E-state index contributed by atoms with van der Waals surface area (Å²) in [7, 11) is -3.28. The Kier molecular flexibility index (Phi) is 4.06. The van der Waals surface area contributed by atoms with E-state index in [2.05, 4.69) is 0 Å². The van der Waals surface area contributed by atoms with E-state index >= 15 is 0 Å². The van der Waals surface area contributed by atoms with E-state index in [0.717, 1.165) is 0 Å². The third-order valence-corrected chi connectivity index (χ3v) is 3.82. The van der Waals surface area contributed by atoms with Gasteiger partial charge in [-0.1, -0.05) is 13.0 Å². The largest absolute Gasteiger partial charge is 0.462 e. The summed E-state index contributed by atoms with van der Waals surface area (Å²) in [6, 6.07) is 5.89. The molecule has 0 aliphatic rings. The molecule has 0 saturated heterocycles. The Morgan fingerprint density at radius 3 is 2.56 bits per heavy atom. The molecule has 0 radical (unpaired) electrons. The van der Waals surface area contributed by atoms with Gasteiger partial charge in [0.2, 0.25) is 0 Å². The van der Waals surface area contributed by atoms with Crippen molar-refractivity contribution < 1.29 is 17.9 Å². The summed E-state index contributed by atoms with van der Waals surface area (Å²) in [5, 5.41) is 0. The summed E-state index contributed by atoms with van der Waals surface area (Å²) in [6.07, 6.45) is 0. The van der Waals surface area contributed by atoms with Crippen molar-refractivity contribution in [3.05, 3.63) is 29.8 Å². The smallest absolute Gasteiger partial charge is 0.338 e. The van der Waals surface area contributed by atoms with Gasteiger partial charge in [0, 0.05) is 0 Å². The molecule has 1 aromatic rings. The molecule has 0 unspecified atom stereocenters. The molecule has 0 bridgehead atoms. The Bertz CT molecular complexity index is 477. The fraction of sp³-hybridized carbons (Fsp3) is 0.364. The SMILES string of the molecule is CCOC(=O)c1cccc(S(=O)(=O)CC)c1. The predicted molar refractivity (Wildman–Crippen MR) is 60.1 cm³/mol. The molecule has 0 atom stereocenters. The number of carbonyl (C=O) groups excluding carboxylic acids is 1. The standard InChI is InChI=1S/C11H14O4S/c1-3-15-11(12)9-6-5-7-10(8-9)16(13,14)4-2/h5-8H,3-4H2,1-2H3. The number of esters is 1. The quantitative estimate of drug-likeness (QED) is 0.753. The first-order chi connectivity index (χ1) is 7.51. The maximum atomic E-state index is 11.6. The molecular weight excluding hydrogens is 228 g/mol. The van der Waals surface area contributed by atoms with Crippen molar-refractivity contribution in [3.8, 4) is 0 Å². The highest BCUT2D eigenvalue weighted by atomic mass is 32.2. The van der Waals surface area contributed by atoms with Crippen molar-refractivity contribution in [1.29, 1.82) is 0 Å². The summed E-state index contributed by atoms with van der Waals surface area (Å²) >= 11 is 0. The van der Waals surface area contributed by atoms with E-state index in [1.165, 1.54) is 24.3 Å². The third kappa shape index (κ3) is 2.82. The van der Waals surface area contributed by atoms with Crippen LogP contribution in [0.25, 0.3) is 0 Å². The van der Waals surface area contributed by atoms with Crippen LogP contribution in [0.2, 0.25) is 0 Å². The van der Waals surface area contributed by atoms with Gasteiger partial charge in [0.05, 0.1) is 22.8 Å². The Morgan fingerprint density at radius 1 is 1.31 bits per heavy atom. The zero-order valence-corrected chi connectivity index (χ0v) is 10.1. The summed E-state index contributed by atoms with van der Waals surface area (Å²) in [5.74, 6) is -0.491. The second-order valence-corrected chi connectivity index (χ2v) is 5.43. The number of ether oxygens (including phenoxy) is 1. The minimum absolute atomic E-state index is 0.0132. The van der Waals surface area contributed by atoms with Crippen LogP contribution >= 0.6 is 0 Å². The van der Waals surface area contributed by atoms with Crippen LogP contribution < -0.4 is 0 Å². The molecule has 0 aliphatic heterocycles. The van der Waals surface area contributed by atoms with Gasteiger partial charge in [0.1, 0.15) is 0 Å². The molecule has 1 aromatic carbocycles. The molecule has 4 nitrogen and oxygen atoms in total. The Labute approximate surface area is 95.2 Å². The molecule has 0 spiro atoms. The van der Waals surface area contributed by atoms with Gasteiger partial charge in [-0.25, -0.2) is 13.2 Å². The fourth-order valence-electron chi connectivity index (χ4n) is 1.20. The minimum atomic E-state index is -3.28. The Morgan fingerprint density at radius 2 is 2.00 bits per heavy atom. The highest BCUT2D eigenvalue weighted by molar-refractivity contribution is 7.91. The average Bonchev–Trinajstić information content (AvgIpc) is 2.29. The van der Waals surface area contributed by atoms with E-state index in [-0.39, 0.29) is 22.8 Å². The molecule has 0 N–H and O–H groups in total. The van der Waals surface area contributed by atoms with Crippen LogP contribution in [-0.4, -0.2) is 26.7 Å². The lowest BCUT2D eigenvalue weighted by Crippen LogP contribution is -2.08. The van der Waals surface area contributed by atoms with Crippen molar-refractivity contribution in [2.45, 2.75) is 18.7 Å². The molecule has 0 heterocycles.